The van der Waals surface area contributed by atoms with Crippen LogP contribution in [0, 0.1) is 6.92 Å². The molecule has 0 aliphatic carbocycles. The third kappa shape index (κ3) is 5.98. The molecule has 0 heterocycles. The third-order valence-corrected chi connectivity index (χ3v) is 2.87. The number of ether oxygens (including phenoxy) is 1. The molecule has 0 saturated heterocycles. The maximum absolute atomic E-state index is 10.9. The maximum atomic E-state index is 10.9. The average Bonchev–Trinajstić information content (AvgIpc) is 2.30. The van der Waals surface area contributed by atoms with E-state index in [1.54, 1.807) is 12.1 Å². The van der Waals surface area contributed by atoms with Crippen molar-refractivity contribution in [1.29, 1.82) is 0 Å². The van der Waals surface area contributed by atoms with Crippen LogP contribution in [-0.4, -0.2) is 22.4 Å². The quantitative estimate of drug-likeness (QED) is 0.474. The van der Waals surface area contributed by atoms with Crippen LogP contribution in [-0.2, 0) is 27.8 Å². The van der Waals surface area contributed by atoms with Gasteiger partial charge in [0.25, 0.3) is 0 Å². The summed E-state index contributed by atoms with van der Waals surface area (Å²) in [5.74, 6) is -0.224. The lowest BCUT2D eigenvalue weighted by atomic mass is 10.1. The highest BCUT2D eigenvalue weighted by Gasteiger charge is 2.14. The van der Waals surface area contributed by atoms with E-state index in [4.69, 9.17) is 9.26 Å². The molecule has 0 saturated carbocycles. The molecule has 0 unspecified atom stereocenters. The number of benzene rings is 1. The maximum Gasteiger partial charge on any atom is 0.375 e. The molecule has 1 aromatic carbocycles. The van der Waals surface area contributed by atoms with Crippen LogP contribution in [0.15, 0.2) is 30.9 Å². The monoisotopic (exact) mass is 302 g/mol. The SMILES string of the molecule is C=CC(=O)OCCc1cc(C)ccc1OP(O)(O)=S. The number of rotatable bonds is 6. The summed E-state index contributed by atoms with van der Waals surface area (Å²) in [6.45, 7) is 1.54. The summed E-state index contributed by atoms with van der Waals surface area (Å²) in [6, 6.07) is 5.18. The van der Waals surface area contributed by atoms with E-state index in [1.807, 2.05) is 13.0 Å². The zero-order valence-electron chi connectivity index (χ0n) is 10.4. The van der Waals surface area contributed by atoms with Crippen molar-refractivity contribution in [2.75, 3.05) is 6.61 Å². The van der Waals surface area contributed by atoms with Gasteiger partial charge in [0.1, 0.15) is 5.75 Å². The Morgan fingerprint density at radius 3 is 2.79 bits per heavy atom. The summed E-state index contributed by atoms with van der Waals surface area (Å²) in [4.78, 5) is 29.3. The van der Waals surface area contributed by atoms with Gasteiger partial charge in [-0.25, -0.2) is 4.79 Å². The van der Waals surface area contributed by atoms with Gasteiger partial charge in [-0.1, -0.05) is 24.3 Å². The van der Waals surface area contributed by atoms with E-state index in [0.717, 1.165) is 11.6 Å². The Balaban J connectivity index is 2.79. The first-order valence-corrected chi connectivity index (χ1v) is 8.08. The summed E-state index contributed by atoms with van der Waals surface area (Å²) in [5.41, 5.74) is 1.66. The fourth-order valence-electron chi connectivity index (χ4n) is 1.44. The lowest BCUT2D eigenvalue weighted by Crippen LogP contribution is -2.05. The fourth-order valence-corrected chi connectivity index (χ4v) is 2.12. The number of hydrogen-bond acceptors (Lipinski definition) is 4. The van der Waals surface area contributed by atoms with Crippen LogP contribution >= 0.6 is 6.72 Å². The predicted molar refractivity (Wildman–Crippen MR) is 75.4 cm³/mol. The van der Waals surface area contributed by atoms with Crippen LogP contribution < -0.4 is 4.52 Å². The van der Waals surface area contributed by atoms with E-state index >= 15 is 0 Å². The third-order valence-electron chi connectivity index (χ3n) is 2.22. The van der Waals surface area contributed by atoms with Gasteiger partial charge < -0.3 is 19.0 Å². The molecule has 1 rings (SSSR count). The largest absolute Gasteiger partial charge is 0.462 e. The van der Waals surface area contributed by atoms with Crippen LogP contribution in [0.5, 0.6) is 5.75 Å². The molecule has 19 heavy (non-hydrogen) atoms. The Morgan fingerprint density at radius 2 is 2.21 bits per heavy atom. The standard InChI is InChI=1S/C12H15O5PS/c1-3-12(13)16-7-6-10-8-9(2)4-5-11(10)17-18(14,15)19/h3-5,8H,1,6-7H2,2H3,(H2,14,15,19). The van der Waals surface area contributed by atoms with Crippen LogP contribution in [0.3, 0.4) is 0 Å². The molecular formula is C12H15O5PS. The van der Waals surface area contributed by atoms with Crippen molar-refractivity contribution >= 4 is 24.5 Å². The molecule has 0 atom stereocenters. The van der Waals surface area contributed by atoms with E-state index in [9.17, 15) is 14.6 Å². The number of esters is 1. The molecular weight excluding hydrogens is 287 g/mol. The summed E-state index contributed by atoms with van der Waals surface area (Å²) in [7, 11) is 0. The molecule has 104 valence electrons. The number of carbonyl (C=O) groups excluding carboxylic acids is 1. The van der Waals surface area contributed by atoms with Crippen molar-refractivity contribution in [2.24, 2.45) is 0 Å². The lowest BCUT2D eigenvalue weighted by molar-refractivity contribution is -0.137. The number of carbonyl (C=O) groups is 1. The Morgan fingerprint density at radius 1 is 1.53 bits per heavy atom. The van der Waals surface area contributed by atoms with Crippen LogP contribution in [0.25, 0.3) is 0 Å². The molecule has 0 aliphatic heterocycles. The second-order valence-electron chi connectivity index (χ2n) is 3.81. The minimum Gasteiger partial charge on any atom is -0.462 e. The van der Waals surface area contributed by atoms with Gasteiger partial charge in [-0.15, -0.1) is 0 Å². The smallest absolute Gasteiger partial charge is 0.375 e. The van der Waals surface area contributed by atoms with Gasteiger partial charge in [0.2, 0.25) is 0 Å². The molecule has 0 spiro atoms. The van der Waals surface area contributed by atoms with Gasteiger partial charge in [0.15, 0.2) is 0 Å². The van der Waals surface area contributed by atoms with Crippen LogP contribution in [0.2, 0.25) is 0 Å². The van der Waals surface area contributed by atoms with E-state index in [0.29, 0.717) is 12.0 Å². The van der Waals surface area contributed by atoms with Crippen molar-refractivity contribution < 1.29 is 23.8 Å². The van der Waals surface area contributed by atoms with Gasteiger partial charge in [0.05, 0.1) is 6.61 Å². The molecule has 0 radical (unpaired) electrons. The van der Waals surface area contributed by atoms with Crippen LogP contribution in [0.4, 0.5) is 0 Å². The van der Waals surface area contributed by atoms with E-state index < -0.39 is 12.7 Å². The zero-order valence-corrected chi connectivity index (χ0v) is 12.1. The molecule has 2 N–H and O–H groups in total. The number of hydrogen-bond donors (Lipinski definition) is 2. The minimum atomic E-state index is -3.78. The van der Waals surface area contributed by atoms with Gasteiger partial charge in [-0.3, -0.25) is 0 Å². The first-order chi connectivity index (χ1) is 8.81. The zero-order chi connectivity index (χ0) is 14.5. The Bertz CT molecular complexity index is 523. The van der Waals surface area contributed by atoms with Gasteiger partial charge in [-0.05, 0) is 18.6 Å². The normalized spacial score (nSPS) is 10.9. The molecule has 5 nitrogen and oxygen atoms in total. The molecule has 0 bridgehead atoms. The molecule has 0 fully saturated rings. The second kappa shape index (κ2) is 6.82. The lowest BCUT2D eigenvalue weighted by Gasteiger charge is -2.14. The Hall–Kier alpha value is -1.20. The minimum absolute atomic E-state index is 0.143. The van der Waals surface area contributed by atoms with Crippen molar-refractivity contribution in [3.8, 4) is 5.75 Å². The molecule has 0 aliphatic rings. The first-order valence-electron chi connectivity index (χ1n) is 5.45. The highest BCUT2D eigenvalue weighted by molar-refractivity contribution is 8.06. The Kier molecular flexibility index (Phi) is 5.69. The average molecular weight is 302 g/mol. The molecule has 0 aromatic heterocycles. The van der Waals surface area contributed by atoms with Crippen molar-refractivity contribution in [3.63, 3.8) is 0 Å². The van der Waals surface area contributed by atoms with Crippen molar-refractivity contribution in [2.45, 2.75) is 13.3 Å². The van der Waals surface area contributed by atoms with E-state index in [-0.39, 0.29) is 12.4 Å². The van der Waals surface area contributed by atoms with Crippen LogP contribution in [0.1, 0.15) is 11.1 Å². The second-order valence-corrected chi connectivity index (χ2v) is 6.41. The molecule has 1 aromatic rings. The topological polar surface area (TPSA) is 76.0 Å². The van der Waals surface area contributed by atoms with Crippen molar-refractivity contribution in [3.05, 3.63) is 42.0 Å². The summed E-state index contributed by atoms with van der Waals surface area (Å²) >= 11 is 4.43. The van der Waals surface area contributed by atoms with Gasteiger partial charge in [-0.2, -0.15) is 0 Å². The van der Waals surface area contributed by atoms with Gasteiger partial charge >= 0.3 is 12.7 Å². The number of aryl methyl sites for hydroxylation is 1. The highest BCUT2D eigenvalue weighted by atomic mass is 32.5. The summed E-state index contributed by atoms with van der Waals surface area (Å²) in [6.07, 6.45) is 1.46. The summed E-state index contributed by atoms with van der Waals surface area (Å²) < 4.78 is 9.81. The predicted octanol–water partition coefficient (Wildman–Crippen LogP) is 1.85. The fraction of sp³-hybridized carbons (Fsp3) is 0.250. The Labute approximate surface area is 116 Å². The van der Waals surface area contributed by atoms with Gasteiger partial charge in [0, 0.05) is 24.3 Å². The first kappa shape index (κ1) is 15.9. The van der Waals surface area contributed by atoms with E-state index in [1.165, 1.54) is 0 Å². The van der Waals surface area contributed by atoms with E-state index in [2.05, 4.69) is 18.4 Å². The highest BCUT2D eigenvalue weighted by Crippen LogP contribution is 2.39. The molecule has 7 heteroatoms. The van der Waals surface area contributed by atoms with Crippen molar-refractivity contribution in [1.82, 2.24) is 0 Å². The summed E-state index contributed by atoms with van der Waals surface area (Å²) in [5, 5.41) is 0. The molecule has 0 amide bonds.